The molecule has 52 valence electrons. The number of hydrogen-bond donors (Lipinski definition) is 0. The fourth-order valence-electron chi connectivity index (χ4n) is 0.322. The van der Waals surface area contributed by atoms with Gasteiger partial charge in [0.15, 0.2) is 5.78 Å². The van der Waals surface area contributed by atoms with E-state index in [9.17, 15) is 4.79 Å². The van der Waals surface area contributed by atoms with Crippen molar-refractivity contribution >= 4 is 46.1 Å². The van der Waals surface area contributed by atoms with Gasteiger partial charge in [0.2, 0.25) is 0 Å². The van der Waals surface area contributed by atoms with Crippen LogP contribution in [0.4, 0.5) is 0 Å². The molecule has 9 heavy (non-hydrogen) atoms. The summed E-state index contributed by atoms with van der Waals surface area (Å²) in [5.74, 6) is 0.789. The summed E-state index contributed by atoms with van der Waals surface area (Å²) < 4.78 is 3.79. The minimum absolute atomic E-state index is 0.0683. The van der Waals surface area contributed by atoms with Crippen LogP contribution in [0.1, 0.15) is 6.92 Å². The van der Waals surface area contributed by atoms with Gasteiger partial charge in [-0.05, 0) is 6.26 Å². The van der Waals surface area contributed by atoms with Gasteiger partial charge >= 0.3 is 0 Å². The van der Waals surface area contributed by atoms with E-state index in [1.807, 2.05) is 29.1 Å². The molecule has 0 aliphatic carbocycles. The van der Waals surface area contributed by atoms with Crippen molar-refractivity contribution in [1.29, 1.82) is 0 Å². The first kappa shape index (κ1) is 9.42. The molecule has 0 rings (SSSR count). The summed E-state index contributed by atoms with van der Waals surface area (Å²) in [4.78, 5) is 10.6. The second-order valence-corrected chi connectivity index (χ2v) is 2.87. The zero-order chi connectivity index (χ0) is 7.28. The number of carbonyl (C=O) groups excluding carboxylic acids is 1. The molecule has 0 saturated heterocycles. The van der Waals surface area contributed by atoms with Crippen molar-refractivity contribution in [3.8, 4) is 0 Å². The number of Topliss-reactive ketones (excluding diaryl/α,β-unsaturated/α-hetero) is 1. The average Bonchev–Trinajstić information content (AvgIpc) is 1.82. The van der Waals surface area contributed by atoms with Crippen LogP contribution in [0, 0.1) is 0 Å². The predicted molar refractivity (Wildman–Crippen MR) is 50.5 cm³/mol. The summed E-state index contributed by atoms with van der Waals surface area (Å²) in [6, 6.07) is 0. The van der Waals surface area contributed by atoms with E-state index in [-0.39, 0.29) is 5.78 Å². The molecule has 0 fully saturated rings. The van der Waals surface area contributed by atoms with Gasteiger partial charge in [0.05, 0.1) is 28.6 Å². The van der Waals surface area contributed by atoms with Crippen LogP contribution >= 0.6 is 34.6 Å². The van der Waals surface area contributed by atoms with E-state index in [0.717, 1.165) is 5.75 Å². The molecule has 0 spiro atoms. The zero-order valence-electron chi connectivity index (χ0n) is 5.35. The van der Waals surface area contributed by atoms with Crippen LogP contribution in [0.5, 0.6) is 0 Å². The van der Waals surface area contributed by atoms with E-state index < -0.39 is 0 Å². The molecule has 0 aliphatic heterocycles. The summed E-state index contributed by atoms with van der Waals surface area (Å²) in [5.41, 5.74) is 0.656. The summed E-state index contributed by atoms with van der Waals surface area (Å²) in [7, 11) is 0. The predicted octanol–water partition coefficient (Wildman–Crippen LogP) is 1.73. The molecular formula is C5H8INOS. The van der Waals surface area contributed by atoms with Crippen LogP contribution in [0.3, 0.4) is 0 Å². The van der Waals surface area contributed by atoms with Crippen LogP contribution in [-0.4, -0.2) is 23.5 Å². The molecule has 0 aromatic carbocycles. The van der Waals surface area contributed by atoms with Gasteiger partial charge in [0, 0.05) is 12.7 Å². The largest absolute Gasteiger partial charge is 0.293 e. The van der Waals surface area contributed by atoms with E-state index in [1.54, 1.807) is 11.8 Å². The van der Waals surface area contributed by atoms with Crippen molar-refractivity contribution in [3.05, 3.63) is 0 Å². The minimum Gasteiger partial charge on any atom is -0.293 e. The average molecular weight is 257 g/mol. The molecule has 2 nitrogen and oxygen atoms in total. The highest BCUT2D eigenvalue weighted by Gasteiger charge is 2.01. The van der Waals surface area contributed by atoms with E-state index in [0.29, 0.717) is 5.71 Å². The number of ketones is 1. The lowest BCUT2D eigenvalue weighted by Crippen LogP contribution is -2.11. The molecule has 0 amide bonds. The number of carbonyl (C=O) groups is 1. The number of hydrogen-bond acceptors (Lipinski definition) is 3. The summed E-state index contributed by atoms with van der Waals surface area (Å²) in [6.45, 7) is 1.54. The molecule has 0 N–H and O–H groups in total. The van der Waals surface area contributed by atoms with Crippen LogP contribution in [-0.2, 0) is 4.79 Å². The molecule has 0 radical (unpaired) electrons. The van der Waals surface area contributed by atoms with Crippen LogP contribution in [0.15, 0.2) is 3.21 Å². The topological polar surface area (TPSA) is 29.4 Å². The van der Waals surface area contributed by atoms with Crippen molar-refractivity contribution in [2.24, 2.45) is 3.21 Å². The van der Waals surface area contributed by atoms with Crippen molar-refractivity contribution < 1.29 is 4.79 Å². The van der Waals surface area contributed by atoms with Gasteiger partial charge in [0.25, 0.3) is 0 Å². The van der Waals surface area contributed by atoms with Crippen molar-refractivity contribution in [1.82, 2.24) is 0 Å². The third kappa shape index (κ3) is 3.91. The minimum atomic E-state index is 0.0683. The second-order valence-electron chi connectivity index (χ2n) is 1.52. The maximum atomic E-state index is 10.6. The highest BCUT2D eigenvalue weighted by atomic mass is 127. The van der Waals surface area contributed by atoms with Crippen molar-refractivity contribution in [3.63, 3.8) is 0 Å². The molecule has 4 heteroatoms. The van der Waals surface area contributed by atoms with E-state index in [4.69, 9.17) is 0 Å². The molecule has 0 aliphatic rings. The Labute approximate surface area is 73.0 Å². The van der Waals surface area contributed by atoms with Crippen molar-refractivity contribution in [2.75, 3.05) is 12.0 Å². The fraction of sp³-hybridized carbons (Fsp3) is 0.600. The first-order valence-electron chi connectivity index (χ1n) is 2.40. The fourth-order valence-corrected chi connectivity index (χ4v) is 1.61. The maximum Gasteiger partial charge on any atom is 0.175 e. The molecule has 0 heterocycles. The Hall–Kier alpha value is 0.420. The highest BCUT2D eigenvalue weighted by molar-refractivity contribution is 14.1. The Morgan fingerprint density at radius 2 is 2.33 bits per heavy atom. The Kier molecular flexibility index (Phi) is 5.47. The van der Waals surface area contributed by atoms with Gasteiger partial charge < -0.3 is 0 Å². The quantitative estimate of drug-likeness (QED) is 0.569. The van der Waals surface area contributed by atoms with E-state index in [2.05, 4.69) is 3.21 Å². The maximum absolute atomic E-state index is 10.6. The molecule has 0 atom stereocenters. The Bertz CT molecular complexity index is 135. The summed E-state index contributed by atoms with van der Waals surface area (Å²) in [6.07, 6.45) is 1.95. The SMILES string of the molecule is CSCC(=NI)C(C)=O. The van der Waals surface area contributed by atoms with Gasteiger partial charge in [-0.2, -0.15) is 11.8 Å². The monoisotopic (exact) mass is 257 g/mol. The van der Waals surface area contributed by atoms with Gasteiger partial charge in [-0.15, -0.1) is 0 Å². The smallest absolute Gasteiger partial charge is 0.175 e. The second kappa shape index (κ2) is 5.22. The third-order valence-electron chi connectivity index (χ3n) is 0.789. The first-order valence-corrected chi connectivity index (χ1v) is 4.76. The van der Waals surface area contributed by atoms with Crippen LogP contribution in [0.25, 0.3) is 0 Å². The van der Waals surface area contributed by atoms with Gasteiger partial charge in [-0.1, -0.05) is 0 Å². The van der Waals surface area contributed by atoms with Gasteiger partial charge in [-0.25, -0.2) is 3.21 Å². The highest BCUT2D eigenvalue weighted by Crippen LogP contribution is 1.97. The molecule has 0 saturated carbocycles. The summed E-state index contributed by atoms with van der Waals surface area (Å²) >= 11 is 3.45. The Balaban J connectivity index is 3.85. The van der Waals surface area contributed by atoms with E-state index in [1.165, 1.54) is 6.92 Å². The Morgan fingerprint density at radius 3 is 2.44 bits per heavy atom. The van der Waals surface area contributed by atoms with Gasteiger partial charge in [0.1, 0.15) is 0 Å². The van der Waals surface area contributed by atoms with Crippen LogP contribution < -0.4 is 0 Å². The van der Waals surface area contributed by atoms with Crippen LogP contribution in [0.2, 0.25) is 0 Å². The normalized spacial score (nSPS) is 11.7. The zero-order valence-corrected chi connectivity index (χ0v) is 8.32. The van der Waals surface area contributed by atoms with Gasteiger partial charge in [-0.3, -0.25) is 4.79 Å². The molecular weight excluding hydrogens is 249 g/mol. The Morgan fingerprint density at radius 1 is 1.78 bits per heavy atom. The van der Waals surface area contributed by atoms with Crippen molar-refractivity contribution in [2.45, 2.75) is 6.92 Å². The molecule has 0 bridgehead atoms. The number of halogens is 1. The molecule has 0 aromatic rings. The number of rotatable bonds is 3. The lowest BCUT2D eigenvalue weighted by Gasteiger charge is -1.93. The standard InChI is InChI=1S/C5H8INOS/c1-4(8)5(7-6)3-9-2/h3H2,1-2H3. The third-order valence-corrected chi connectivity index (χ3v) is 1.93. The molecule has 0 aromatic heterocycles. The first-order chi connectivity index (χ1) is 4.22. The number of nitrogens with zero attached hydrogens (tertiary/aromatic N) is 1. The summed E-state index contributed by atoms with van der Waals surface area (Å²) in [5, 5.41) is 0. The molecule has 0 unspecified atom stereocenters. The lowest BCUT2D eigenvalue weighted by atomic mass is 10.3. The lowest BCUT2D eigenvalue weighted by molar-refractivity contribution is -0.111. The number of thioether (sulfide) groups is 1. The van der Waals surface area contributed by atoms with E-state index >= 15 is 0 Å².